The van der Waals surface area contributed by atoms with E-state index in [1.165, 1.54) is 6.07 Å². The van der Waals surface area contributed by atoms with Gasteiger partial charge < -0.3 is 9.67 Å². The Balaban J connectivity index is 3.31. The molecule has 0 unspecified atom stereocenters. The molecule has 0 aromatic carbocycles. The minimum atomic E-state index is -0.325. The molecule has 0 amide bonds. The van der Waals surface area contributed by atoms with Crippen molar-refractivity contribution in [1.82, 2.24) is 4.57 Å². The van der Waals surface area contributed by atoms with Crippen molar-refractivity contribution in [3.63, 3.8) is 0 Å². The first-order valence-electron chi connectivity index (χ1n) is 4.40. The maximum Gasteiger partial charge on any atom is 0.293 e. The van der Waals surface area contributed by atoms with Gasteiger partial charge in [-0.15, -0.1) is 0 Å². The van der Waals surface area contributed by atoms with E-state index in [9.17, 15) is 9.90 Å². The summed E-state index contributed by atoms with van der Waals surface area (Å²) in [6.07, 6.45) is 2.54. The number of aromatic hydroxyl groups is 1. The topological polar surface area (TPSA) is 42.2 Å². The van der Waals surface area contributed by atoms with Crippen LogP contribution in [0.5, 0.6) is 5.75 Å². The van der Waals surface area contributed by atoms with Crippen molar-refractivity contribution >= 4 is 0 Å². The van der Waals surface area contributed by atoms with Crippen LogP contribution in [0.1, 0.15) is 27.2 Å². The molecular weight excluding hydrogens is 166 g/mol. The van der Waals surface area contributed by atoms with Crippen molar-refractivity contribution in [2.75, 3.05) is 0 Å². The zero-order valence-corrected chi connectivity index (χ0v) is 8.24. The van der Waals surface area contributed by atoms with E-state index in [0.29, 0.717) is 0 Å². The van der Waals surface area contributed by atoms with E-state index in [4.69, 9.17) is 0 Å². The van der Waals surface area contributed by atoms with Crippen molar-refractivity contribution in [3.8, 4) is 5.75 Å². The van der Waals surface area contributed by atoms with Gasteiger partial charge in [0.2, 0.25) is 0 Å². The summed E-state index contributed by atoms with van der Waals surface area (Å²) in [4.78, 5) is 11.5. The predicted molar refractivity (Wildman–Crippen MR) is 52.0 cm³/mol. The maximum absolute atomic E-state index is 11.5. The second kappa shape index (κ2) is 3.24. The van der Waals surface area contributed by atoms with Crippen molar-refractivity contribution in [1.29, 1.82) is 0 Å². The van der Waals surface area contributed by atoms with Gasteiger partial charge in [-0.2, -0.15) is 0 Å². The fraction of sp³-hybridized carbons (Fsp3) is 0.500. The summed E-state index contributed by atoms with van der Waals surface area (Å²) in [6.45, 7) is 5.94. The fourth-order valence-corrected chi connectivity index (χ4v) is 1.13. The lowest BCUT2D eigenvalue weighted by molar-refractivity contribution is 0.322. The quantitative estimate of drug-likeness (QED) is 0.754. The molecule has 0 saturated carbocycles. The van der Waals surface area contributed by atoms with E-state index in [2.05, 4.69) is 0 Å². The summed E-state index contributed by atoms with van der Waals surface area (Å²) in [7, 11) is 0. The molecule has 1 aromatic heterocycles. The highest BCUT2D eigenvalue weighted by molar-refractivity contribution is 5.16. The largest absolute Gasteiger partial charge is 0.503 e. The van der Waals surface area contributed by atoms with Crippen LogP contribution in [-0.4, -0.2) is 9.67 Å². The molecule has 72 valence electrons. The summed E-state index contributed by atoms with van der Waals surface area (Å²) in [5.74, 6) is -0.191. The van der Waals surface area contributed by atoms with E-state index in [1.807, 2.05) is 20.8 Å². The van der Waals surface area contributed by atoms with Crippen molar-refractivity contribution in [2.45, 2.75) is 32.7 Å². The summed E-state index contributed by atoms with van der Waals surface area (Å²) in [5.41, 5.74) is -0.565. The van der Waals surface area contributed by atoms with Gasteiger partial charge in [0.25, 0.3) is 5.56 Å². The zero-order chi connectivity index (χ0) is 10.1. The molecule has 1 N–H and O–H groups in total. The molecule has 13 heavy (non-hydrogen) atoms. The lowest BCUT2D eigenvalue weighted by Crippen LogP contribution is -2.34. The Labute approximate surface area is 77.6 Å². The fourth-order valence-electron chi connectivity index (χ4n) is 1.13. The molecule has 3 heteroatoms. The Morgan fingerprint density at radius 1 is 1.54 bits per heavy atom. The van der Waals surface area contributed by atoms with Gasteiger partial charge in [-0.1, -0.05) is 6.92 Å². The van der Waals surface area contributed by atoms with Crippen LogP contribution in [-0.2, 0) is 5.54 Å². The maximum atomic E-state index is 11.5. The Hall–Kier alpha value is -1.25. The van der Waals surface area contributed by atoms with Crippen LogP contribution in [0.15, 0.2) is 23.1 Å². The third-order valence-corrected chi connectivity index (χ3v) is 2.44. The average Bonchev–Trinajstić information content (AvgIpc) is 2.09. The Morgan fingerprint density at radius 3 is 2.69 bits per heavy atom. The molecule has 0 radical (unpaired) electrons. The number of aromatic nitrogens is 1. The van der Waals surface area contributed by atoms with Crippen LogP contribution in [0.4, 0.5) is 0 Å². The van der Waals surface area contributed by atoms with Crippen molar-refractivity contribution in [3.05, 3.63) is 28.7 Å². The van der Waals surface area contributed by atoms with Gasteiger partial charge in [-0.05, 0) is 32.4 Å². The third-order valence-electron chi connectivity index (χ3n) is 2.44. The first-order valence-corrected chi connectivity index (χ1v) is 4.40. The molecule has 0 fully saturated rings. The minimum Gasteiger partial charge on any atom is -0.503 e. The lowest BCUT2D eigenvalue weighted by atomic mass is 10.0. The van der Waals surface area contributed by atoms with Crippen molar-refractivity contribution in [2.24, 2.45) is 0 Å². The highest BCUT2D eigenvalue weighted by Crippen LogP contribution is 2.17. The van der Waals surface area contributed by atoms with Crippen LogP contribution in [0.3, 0.4) is 0 Å². The Bertz CT molecular complexity index is 352. The zero-order valence-electron chi connectivity index (χ0n) is 8.24. The molecule has 3 nitrogen and oxygen atoms in total. The summed E-state index contributed by atoms with van der Waals surface area (Å²) < 4.78 is 1.56. The molecule has 0 aliphatic heterocycles. The van der Waals surface area contributed by atoms with Crippen LogP contribution >= 0.6 is 0 Å². The normalized spacial score (nSPS) is 11.6. The Morgan fingerprint density at radius 2 is 2.15 bits per heavy atom. The van der Waals surface area contributed by atoms with E-state index in [-0.39, 0.29) is 16.8 Å². The first-order chi connectivity index (χ1) is 5.99. The number of hydrogen-bond donors (Lipinski definition) is 1. The molecule has 1 rings (SSSR count). The van der Waals surface area contributed by atoms with Crippen LogP contribution in [0, 0.1) is 0 Å². The van der Waals surface area contributed by atoms with Gasteiger partial charge in [0.15, 0.2) is 5.75 Å². The molecule has 1 heterocycles. The molecule has 0 aliphatic rings. The molecule has 0 saturated heterocycles. The number of hydrogen-bond acceptors (Lipinski definition) is 2. The SMILES string of the molecule is CCC(C)(C)n1cccc(O)c1=O. The second-order valence-corrected chi connectivity index (χ2v) is 3.73. The van der Waals surface area contributed by atoms with Crippen LogP contribution < -0.4 is 5.56 Å². The summed E-state index contributed by atoms with van der Waals surface area (Å²) in [5, 5.41) is 9.23. The van der Waals surface area contributed by atoms with Gasteiger partial charge >= 0.3 is 0 Å². The molecule has 0 bridgehead atoms. The van der Waals surface area contributed by atoms with Gasteiger partial charge in [0.05, 0.1) is 0 Å². The number of rotatable bonds is 2. The van der Waals surface area contributed by atoms with E-state index in [1.54, 1.807) is 16.8 Å². The molecule has 0 aliphatic carbocycles. The monoisotopic (exact) mass is 181 g/mol. The third kappa shape index (κ3) is 1.74. The summed E-state index contributed by atoms with van der Waals surface area (Å²) >= 11 is 0. The van der Waals surface area contributed by atoms with Gasteiger partial charge in [0.1, 0.15) is 0 Å². The van der Waals surface area contributed by atoms with Gasteiger partial charge in [0, 0.05) is 11.7 Å². The Kier molecular flexibility index (Phi) is 2.45. The van der Waals surface area contributed by atoms with E-state index < -0.39 is 0 Å². The molecule has 0 spiro atoms. The van der Waals surface area contributed by atoms with Crippen LogP contribution in [0.25, 0.3) is 0 Å². The number of pyridine rings is 1. The predicted octanol–water partition coefficient (Wildman–Crippen LogP) is 1.70. The highest BCUT2D eigenvalue weighted by atomic mass is 16.3. The number of nitrogens with zero attached hydrogens (tertiary/aromatic N) is 1. The minimum absolute atomic E-state index is 0.191. The van der Waals surface area contributed by atoms with Crippen LogP contribution in [0.2, 0.25) is 0 Å². The molecule has 0 atom stereocenters. The average molecular weight is 181 g/mol. The van der Waals surface area contributed by atoms with E-state index in [0.717, 1.165) is 6.42 Å². The van der Waals surface area contributed by atoms with E-state index >= 15 is 0 Å². The molecular formula is C10H15NO2. The lowest BCUT2D eigenvalue weighted by Gasteiger charge is -2.25. The van der Waals surface area contributed by atoms with Gasteiger partial charge in [-0.3, -0.25) is 4.79 Å². The van der Waals surface area contributed by atoms with Crippen molar-refractivity contribution < 1.29 is 5.11 Å². The smallest absolute Gasteiger partial charge is 0.293 e. The van der Waals surface area contributed by atoms with Gasteiger partial charge in [-0.25, -0.2) is 0 Å². The second-order valence-electron chi connectivity index (χ2n) is 3.73. The first kappa shape index (κ1) is 9.84. The highest BCUT2D eigenvalue weighted by Gasteiger charge is 2.19. The standard InChI is InChI=1S/C10H15NO2/c1-4-10(2,3)11-7-5-6-8(12)9(11)13/h5-7,12H,4H2,1-3H3. The summed E-state index contributed by atoms with van der Waals surface area (Å²) in [6, 6.07) is 3.08. The molecule has 1 aromatic rings.